The predicted molar refractivity (Wildman–Crippen MR) is 96.4 cm³/mol. The van der Waals surface area contributed by atoms with Crippen LogP contribution in [0.5, 0.6) is 0 Å². The van der Waals surface area contributed by atoms with Crippen LogP contribution >= 0.6 is 11.6 Å². The van der Waals surface area contributed by atoms with Gasteiger partial charge in [0.1, 0.15) is 0 Å². The minimum atomic E-state index is 0.287. The van der Waals surface area contributed by atoms with Gasteiger partial charge in [0.2, 0.25) is 5.89 Å². The number of halogens is 1. The van der Waals surface area contributed by atoms with Crippen molar-refractivity contribution < 1.29 is 4.52 Å². The van der Waals surface area contributed by atoms with Gasteiger partial charge in [0.15, 0.2) is 11.8 Å². The number of guanidine groups is 1. The lowest BCUT2D eigenvalue weighted by Crippen LogP contribution is -2.37. The average molecular weight is 350 g/mol. The smallest absolute Gasteiger partial charge is 0.226 e. The highest BCUT2D eigenvalue weighted by Gasteiger charge is 2.09. The summed E-state index contributed by atoms with van der Waals surface area (Å²) in [6.45, 7) is 5.54. The van der Waals surface area contributed by atoms with E-state index >= 15 is 0 Å². The molecular formula is C17H24ClN5O. The molecule has 0 aliphatic rings. The summed E-state index contributed by atoms with van der Waals surface area (Å²) in [6, 6.07) is 7.75. The van der Waals surface area contributed by atoms with Gasteiger partial charge in [-0.3, -0.25) is 4.99 Å². The van der Waals surface area contributed by atoms with Crippen LogP contribution in [0, 0.1) is 0 Å². The maximum absolute atomic E-state index is 5.98. The highest BCUT2D eigenvalue weighted by atomic mass is 35.5. The Morgan fingerprint density at radius 3 is 2.83 bits per heavy atom. The number of rotatable bonds is 7. The second kappa shape index (κ2) is 9.27. The maximum atomic E-state index is 5.98. The lowest BCUT2D eigenvalue weighted by atomic mass is 10.2. The van der Waals surface area contributed by atoms with Crippen molar-refractivity contribution in [2.24, 2.45) is 4.99 Å². The molecule has 0 aliphatic heterocycles. The van der Waals surface area contributed by atoms with E-state index in [0.29, 0.717) is 12.4 Å². The van der Waals surface area contributed by atoms with E-state index in [1.54, 1.807) is 7.05 Å². The summed E-state index contributed by atoms with van der Waals surface area (Å²) in [5.74, 6) is 2.48. The Labute approximate surface area is 147 Å². The fourth-order valence-corrected chi connectivity index (χ4v) is 2.32. The topological polar surface area (TPSA) is 75.3 Å². The zero-order chi connectivity index (χ0) is 17.4. The normalized spacial score (nSPS) is 11.8. The van der Waals surface area contributed by atoms with E-state index in [4.69, 9.17) is 16.1 Å². The first-order valence-electron chi connectivity index (χ1n) is 8.10. The Hall–Kier alpha value is -2.08. The Bertz CT molecular complexity index is 669. The largest absolute Gasteiger partial charge is 0.356 e. The molecule has 2 rings (SSSR count). The molecule has 0 spiro atoms. The van der Waals surface area contributed by atoms with Crippen LogP contribution in [-0.4, -0.2) is 29.7 Å². The molecule has 6 nitrogen and oxygen atoms in total. The standard InChI is InChI=1S/C17H24ClN5O/c1-12(2)16-22-15(24-23-16)8-5-9-20-17(19-3)21-11-13-6-4-7-14(18)10-13/h4,6-7,10,12H,5,8-9,11H2,1-3H3,(H2,19,20,21). The molecule has 24 heavy (non-hydrogen) atoms. The Kier molecular flexibility index (Phi) is 7.06. The molecule has 0 atom stereocenters. The van der Waals surface area contributed by atoms with Crippen molar-refractivity contribution in [3.05, 3.63) is 46.6 Å². The molecule has 2 N–H and O–H groups in total. The Balaban J connectivity index is 1.69. The van der Waals surface area contributed by atoms with Gasteiger partial charge in [0.05, 0.1) is 0 Å². The quantitative estimate of drug-likeness (QED) is 0.456. The van der Waals surface area contributed by atoms with Crippen molar-refractivity contribution in [2.45, 2.75) is 39.2 Å². The van der Waals surface area contributed by atoms with Crippen LogP contribution in [0.25, 0.3) is 0 Å². The molecule has 1 aromatic heterocycles. The number of hydrogen-bond donors (Lipinski definition) is 2. The van der Waals surface area contributed by atoms with Gasteiger partial charge >= 0.3 is 0 Å². The van der Waals surface area contributed by atoms with Crippen molar-refractivity contribution in [3.63, 3.8) is 0 Å². The molecule has 130 valence electrons. The maximum Gasteiger partial charge on any atom is 0.226 e. The van der Waals surface area contributed by atoms with Crippen LogP contribution < -0.4 is 10.6 Å². The summed E-state index contributed by atoms with van der Waals surface area (Å²) < 4.78 is 5.23. The summed E-state index contributed by atoms with van der Waals surface area (Å²) in [5, 5.41) is 11.2. The summed E-state index contributed by atoms with van der Waals surface area (Å²) in [5.41, 5.74) is 1.11. The van der Waals surface area contributed by atoms with Gasteiger partial charge in [0.25, 0.3) is 0 Å². The van der Waals surface area contributed by atoms with E-state index in [0.717, 1.165) is 41.8 Å². The molecule has 0 unspecified atom stereocenters. The van der Waals surface area contributed by atoms with Crippen molar-refractivity contribution in [1.29, 1.82) is 0 Å². The van der Waals surface area contributed by atoms with E-state index in [1.807, 2.05) is 38.1 Å². The third kappa shape index (κ3) is 5.85. The molecule has 0 aliphatic carbocycles. The van der Waals surface area contributed by atoms with Gasteiger partial charge in [-0.05, 0) is 24.1 Å². The fourth-order valence-electron chi connectivity index (χ4n) is 2.10. The third-order valence-corrected chi connectivity index (χ3v) is 3.67. The Morgan fingerprint density at radius 1 is 1.33 bits per heavy atom. The van der Waals surface area contributed by atoms with Gasteiger partial charge < -0.3 is 15.2 Å². The molecule has 0 radical (unpaired) electrons. The van der Waals surface area contributed by atoms with Gasteiger partial charge in [0, 0.05) is 37.5 Å². The molecule has 0 fully saturated rings. The van der Waals surface area contributed by atoms with E-state index in [2.05, 4.69) is 25.8 Å². The lowest BCUT2D eigenvalue weighted by Gasteiger charge is -2.11. The highest BCUT2D eigenvalue weighted by molar-refractivity contribution is 6.30. The molecule has 7 heteroatoms. The molecule has 2 aromatic rings. The van der Waals surface area contributed by atoms with Crippen LogP contribution in [0.15, 0.2) is 33.8 Å². The number of aromatic nitrogens is 2. The number of nitrogens with zero attached hydrogens (tertiary/aromatic N) is 3. The summed E-state index contributed by atoms with van der Waals surface area (Å²) in [4.78, 5) is 8.57. The first-order chi connectivity index (χ1) is 11.6. The van der Waals surface area contributed by atoms with E-state index < -0.39 is 0 Å². The summed E-state index contributed by atoms with van der Waals surface area (Å²) in [6.07, 6.45) is 1.63. The summed E-state index contributed by atoms with van der Waals surface area (Å²) in [7, 11) is 1.75. The van der Waals surface area contributed by atoms with Crippen LogP contribution in [0.3, 0.4) is 0 Å². The van der Waals surface area contributed by atoms with E-state index in [-0.39, 0.29) is 5.92 Å². The first-order valence-corrected chi connectivity index (χ1v) is 8.47. The van der Waals surface area contributed by atoms with Gasteiger partial charge in [-0.1, -0.05) is 42.7 Å². The minimum Gasteiger partial charge on any atom is -0.356 e. The number of benzene rings is 1. The second-order valence-corrected chi connectivity index (χ2v) is 6.22. The number of aliphatic imine (C=N–C) groups is 1. The van der Waals surface area contributed by atoms with Gasteiger partial charge in [-0.25, -0.2) is 0 Å². The SMILES string of the molecule is CN=C(NCCCc1nc(C(C)C)no1)NCc1cccc(Cl)c1. The lowest BCUT2D eigenvalue weighted by molar-refractivity contribution is 0.368. The van der Waals surface area contributed by atoms with Crippen molar-refractivity contribution in [1.82, 2.24) is 20.8 Å². The fraction of sp³-hybridized carbons (Fsp3) is 0.471. The number of hydrogen-bond acceptors (Lipinski definition) is 4. The predicted octanol–water partition coefficient (Wildman–Crippen LogP) is 3.14. The zero-order valence-corrected chi connectivity index (χ0v) is 15.1. The van der Waals surface area contributed by atoms with E-state index in [1.165, 1.54) is 0 Å². The van der Waals surface area contributed by atoms with Crippen LogP contribution in [0.2, 0.25) is 5.02 Å². The first kappa shape index (κ1) is 18.3. The Morgan fingerprint density at radius 2 is 2.17 bits per heavy atom. The second-order valence-electron chi connectivity index (χ2n) is 5.79. The monoisotopic (exact) mass is 349 g/mol. The van der Waals surface area contributed by atoms with Crippen molar-refractivity contribution in [2.75, 3.05) is 13.6 Å². The number of aryl methyl sites for hydroxylation is 1. The van der Waals surface area contributed by atoms with Crippen LogP contribution in [-0.2, 0) is 13.0 Å². The molecule has 0 saturated heterocycles. The molecule has 1 aromatic carbocycles. The molecule has 1 heterocycles. The van der Waals surface area contributed by atoms with Crippen molar-refractivity contribution in [3.8, 4) is 0 Å². The molecule has 0 saturated carbocycles. The van der Waals surface area contributed by atoms with Crippen molar-refractivity contribution >= 4 is 17.6 Å². The summed E-state index contributed by atoms with van der Waals surface area (Å²) >= 11 is 5.98. The van der Waals surface area contributed by atoms with Gasteiger partial charge in [-0.15, -0.1) is 0 Å². The molecule has 0 bridgehead atoms. The minimum absolute atomic E-state index is 0.287. The van der Waals surface area contributed by atoms with Gasteiger partial charge in [-0.2, -0.15) is 4.98 Å². The zero-order valence-electron chi connectivity index (χ0n) is 14.3. The van der Waals surface area contributed by atoms with Crippen LogP contribution in [0.1, 0.15) is 43.5 Å². The molecular weight excluding hydrogens is 326 g/mol. The highest BCUT2D eigenvalue weighted by Crippen LogP contribution is 2.11. The van der Waals surface area contributed by atoms with E-state index in [9.17, 15) is 0 Å². The third-order valence-electron chi connectivity index (χ3n) is 3.43. The van der Waals surface area contributed by atoms with Crippen LogP contribution in [0.4, 0.5) is 0 Å². The number of nitrogens with one attached hydrogen (secondary N) is 2. The average Bonchev–Trinajstić information content (AvgIpc) is 3.03. The molecule has 0 amide bonds.